The zero-order valence-corrected chi connectivity index (χ0v) is 14.9. The third-order valence-electron chi connectivity index (χ3n) is 4.86. The molecule has 0 unspecified atom stereocenters. The molecule has 3 rings (SSSR count). The Morgan fingerprint density at radius 3 is 1.45 bits per heavy atom. The predicted molar refractivity (Wildman–Crippen MR) is 94.0 cm³/mol. The van der Waals surface area contributed by atoms with Gasteiger partial charge in [-0.15, -0.1) is 0 Å². The Hall–Kier alpha value is -2.84. The summed E-state index contributed by atoms with van der Waals surface area (Å²) < 4.78 is 76.7. The van der Waals surface area contributed by atoms with Crippen molar-refractivity contribution in [2.75, 3.05) is 0 Å². The second kappa shape index (κ2) is 7.88. The Bertz CT molecular complexity index is 806. The van der Waals surface area contributed by atoms with Gasteiger partial charge in [-0.25, -0.2) is 0 Å². The van der Waals surface area contributed by atoms with Gasteiger partial charge in [0.15, 0.2) is 6.29 Å². The number of hydrogen-bond donors (Lipinski definition) is 0. The molecule has 0 aromatic heterocycles. The lowest BCUT2D eigenvalue weighted by molar-refractivity contribution is -0.138. The second-order valence-electron chi connectivity index (χ2n) is 6.63. The van der Waals surface area contributed by atoms with E-state index in [0.717, 1.165) is 30.5 Å². The van der Waals surface area contributed by atoms with Crippen LogP contribution in [0, 0.1) is 0 Å². The summed E-state index contributed by atoms with van der Waals surface area (Å²) in [6.07, 6.45) is -6.38. The van der Waals surface area contributed by atoms with E-state index in [2.05, 4.69) is 5.10 Å². The Kier molecular flexibility index (Phi) is 5.68. The molecule has 0 aliphatic carbocycles. The molecule has 0 saturated carbocycles. The first-order valence-electron chi connectivity index (χ1n) is 8.71. The topological polar surface area (TPSA) is 32.7 Å². The highest BCUT2D eigenvalue weighted by Gasteiger charge is 2.36. The maximum Gasteiger partial charge on any atom is 0.416 e. The van der Waals surface area contributed by atoms with Crippen molar-refractivity contribution in [3.8, 4) is 0 Å². The minimum absolute atomic E-state index is 0.402. The van der Waals surface area contributed by atoms with Gasteiger partial charge in [-0.2, -0.15) is 31.4 Å². The number of benzene rings is 2. The van der Waals surface area contributed by atoms with E-state index in [1.54, 1.807) is 5.01 Å². The van der Waals surface area contributed by atoms with E-state index < -0.39 is 35.6 Å². The van der Waals surface area contributed by atoms with Gasteiger partial charge in [0.05, 0.1) is 29.4 Å². The SMILES string of the molecule is O=C/C=N/N1[C@H](c2ccc(C(F)(F)F)cc2)CC[C@H]1c1ccc(C(F)(F)F)cc1. The Labute approximate surface area is 162 Å². The van der Waals surface area contributed by atoms with Crippen molar-refractivity contribution >= 4 is 12.5 Å². The molecular weight excluding hydrogens is 398 g/mol. The average molecular weight is 414 g/mol. The van der Waals surface area contributed by atoms with E-state index in [0.29, 0.717) is 30.3 Å². The molecule has 2 aromatic carbocycles. The van der Waals surface area contributed by atoms with Gasteiger partial charge < -0.3 is 0 Å². The van der Waals surface area contributed by atoms with E-state index >= 15 is 0 Å². The van der Waals surface area contributed by atoms with Crippen molar-refractivity contribution in [3.63, 3.8) is 0 Å². The number of hydrogen-bond acceptors (Lipinski definition) is 3. The summed E-state index contributed by atoms with van der Waals surface area (Å²) in [6, 6.07) is 8.51. The number of hydrazone groups is 1. The molecule has 1 aliphatic heterocycles. The summed E-state index contributed by atoms with van der Waals surface area (Å²) in [6.45, 7) is 0. The monoisotopic (exact) mass is 414 g/mol. The number of carbonyl (C=O) groups is 1. The smallest absolute Gasteiger partial charge is 0.297 e. The highest BCUT2D eigenvalue weighted by atomic mass is 19.4. The van der Waals surface area contributed by atoms with Crippen molar-refractivity contribution in [1.82, 2.24) is 5.01 Å². The summed E-state index contributed by atoms with van der Waals surface area (Å²) >= 11 is 0. The third-order valence-corrected chi connectivity index (χ3v) is 4.86. The quantitative estimate of drug-likeness (QED) is 0.361. The first-order valence-corrected chi connectivity index (χ1v) is 8.71. The molecule has 29 heavy (non-hydrogen) atoms. The fourth-order valence-electron chi connectivity index (χ4n) is 3.49. The van der Waals surface area contributed by atoms with Crippen LogP contribution < -0.4 is 0 Å². The van der Waals surface area contributed by atoms with Crippen molar-refractivity contribution in [3.05, 3.63) is 70.8 Å². The minimum atomic E-state index is -4.45. The second-order valence-corrected chi connectivity index (χ2v) is 6.63. The molecule has 0 radical (unpaired) electrons. The molecular formula is C20H16F6N2O. The van der Waals surface area contributed by atoms with E-state index in [9.17, 15) is 31.1 Å². The number of nitrogens with zero attached hydrogens (tertiary/aromatic N) is 2. The number of carbonyl (C=O) groups excluding carboxylic acids is 1. The average Bonchev–Trinajstić information content (AvgIpc) is 3.09. The molecule has 0 amide bonds. The summed E-state index contributed by atoms with van der Waals surface area (Å²) in [7, 11) is 0. The molecule has 0 spiro atoms. The highest BCUT2D eigenvalue weighted by Crippen LogP contribution is 2.45. The van der Waals surface area contributed by atoms with Gasteiger partial charge in [0.25, 0.3) is 0 Å². The van der Waals surface area contributed by atoms with Crippen LogP contribution in [-0.4, -0.2) is 17.5 Å². The number of alkyl halides is 6. The molecule has 1 aliphatic rings. The van der Waals surface area contributed by atoms with Crippen LogP contribution in [0.2, 0.25) is 0 Å². The normalized spacial score (nSPS) is 20.4. The van der Waals surface area contributed by atoms with Crippen molar-refractivity contribution in [2.24, 2.45) is 5.10 Å². The first-order chi connectivity index (χ1) is 13.6. The minimum Gasteiger partial charge on any atom is -0.297 e. The molecule has 3 nitrogen and oxygen atoms in total. The summed E-state index contributed by atoms with van der Waals surface area (Å²) in [4.78, 5) is 10.7. The third kappa shape index (κ3) is 4.60. The molecule has 2 atom stereocenters. The molecule has 0 N–H and O–H groups in total. The lowest BCUT2D eigenvalue weighted by atomic mass is 10.0. The highest BCUT2D eigenvalue weighted by molar-refractivity contribution is 6.12. The predicted octanol–water partition coefficient (Wildman–Crippen LogP) is 5.79. The van der Waals surface area contributed by atoms with Gasteiger partial charge in [0.2, 0.25) is 0 Å². The zero-order valence-electron chi connectivity index (χ0n) is 14.9. The van der Waals surface area contributed by atoms with Gasteiger partial charge >= 0.3 is 12.4 Å². The van der Waals surface area contributed by atoms with Gasteiger partial charge in [-0.05, 0) is 48.2 Å². The number of aldehydes is 1. The molecule has 1 fully saturated rings. The lowest BCUT2D eigenvalue weighted by Gasteiger charge is -2.28. The van der Waals surface area contributed by atoms with E-state index in [-0.39, 0.29) is 0 Å². The van der Waals surface area contributed by atoms with Gasteiger partial charge in [-0.3, -0.25) is 9.80 Å². The van der Waals surface area contributed by atoms with Crippen LogP contribution in [0.15, 0.2) is 53.6 Å². The van der Waals surface area contributed by atoms with Crippen molar-refractivity contribution in [1.29, 1.82) is 0 Å². The van der Waals surface area contributed by atoms with Crippen LogP contribution in [0.3, 0.4) is 0 Å². The van der Waals surface area contributed by atoms with Crippen LogP contribution in [0.1, 0.15) is 47.2 Å². The molecule has 1 saturated heterocycles. The maximum atomic E-state index is 12.8. The summed E-state index contributed by atoms with van der Waals surface area (Å²) in [5, 5.41) is 5.65. The summed E-state index contributed by atoms with van der Waals surface area (Å²) in [5.74, 6) is 0. The Balaban J connectivity index is 1.89. The number of halogens is 6. The molecule has 1 heterocycles. The van der Waals surface area contributed by atoms with Crippen LogP contribution in [-0.2, 0) is 17.1 Å². The van der Waals surface area contributed by atoms with Crippen molar-refractivity contribution < 1.29 is 31.1 Å². The Morgan fingerprint density at radius 1 is 0.759 bits per heavy atom. The van der Waals surface area contributed by atoms with Crippen LogP contribution >= 0.6 is 0 Å². The van der Waals surface area contributed by atoms with Gasteiger partial charge in [-0.1, -0.05) is 24.3 Å². The van der Waals surface area contributed by atoms with Gasteiger partial charge in [0, 0.05) is 0 Å². The molecule has 154 valence electrons. The first kappa shape index (κ1) is 20.9. The largest absolute Gasteiger partial charge is 0.416 e. The molecule has 2 aromatic rings. The van der Waals surface area contributed by atoms with E-state index in [4.69, 9.17) is 0 Å². The molecule has 9 heteroatoms. The summed E-state index contributed by atoms with van der Waals surface area (Å²) in [5.41, 5.74) is -0.395. The maximum absolute atomic E-state index is 12.8. The van der Waals surface area contributed by atoms with Crippen molar-refractivity contribution in [2.45, 2.75) is 37.3 Å². The Morgan fingerprint density at radius 2 is 1.14 bits per heavy atom. The van der Waals surface area contributed by atoms with Crippen LogP contribution in [0.25, 0.3) is 0 Å². The van der Waals surface area contributed by atoms with Gasteiger partial charge in [0.1, 0.15) is 0 Å². The fraction of sp³-hybridized carbons (Fsp3) is 0.300. The molecule has 0 bridgehead atoms. The van der Waals surface area contributed by atoms with E-state index in [1.807, 2.05) is 0 Å². The van der Waals surface area contributed by atoms with Crippen LogP contribution in [0.5, 0.6) is 0 Å². The van der Waals surface area contributed by atoms with Crippen LogP contribution in [0.4, 0.5) is 26.3 Å². The standard InChI is InChI=1S/C20H16F6N2O/c21-19(22,23)15-5-1-13(2-6-15)17-9-10-18(28(17)27-11-12-29)14-3-7-16(8-4-14)20(24,25)26/h1-8,11-12,17-18H,9-10H2/b27-11+/t17-,18-/m0/s1. The van der Waals surface area contributed by atoms with E-state index in [1.165, 1.54) is 24.3 Å². The lowest BCUT2D eigenvalue weighted by Crippen LogP contribution is -2.21. The number of rotatable bonds is 4. The zero-order chi connectivity index (χ0) is 21.2. The fourth-order valence-corrected chi connectivity index (χ4v) is 3.49.